The molecule has 7 heteroatoms. The van der Waals surface area contributed by atoms with Gasteiger partial charge >= 0.3 is 0 Å². The highest BCUT2D eigenvalue weighted by atomic mass is 32.2. The van der Waals surface area contributed by atoms with Crippen LogP contribution in [0.1, 0.15) is 11.1 Å². The molecular formula is C16H14N2O4S. The number of hydrogen-bond acceptors (Lipinski definition) is 5. The molecule has 118 valence electrons. The van der Waals surface area contributed by atoms with Crippen LogP contribution in [-0.4, -0.2) is 21.6 Å². The number of nitriles is 1. The lowest BCUT2D eigenvalue weighted by molar-refractivity contribution is 0.171. The van der Waals surface area contributed by atoms with Crippen LogP contribution in [0.25, 0.3) is 0 Å². The Kier molecular flexibility index (Phi) is 4.19. The predicted octanol–water partition coefficient (Wildman–Crippen LogP) is 1.81. The minimum atomic E-state index is -3.77. The second-order valence-corrected chi connectivity index (χ2v) is 6.65. The Morgan fingerprint density at radius 1 is 1.09 bits per heavy atom. The first-order valence-corrected chi connectivity index (χ1v) is 8.46. The Morgan fingerprint density at radius 3 is 2.61 bits per heavy atom. The SMILES string of the molecule is N#Cc1ccccc1S(=O)(=O)NCc1ccc2c(c1)OCCO2. The molecule has 0 amide bonds. The standard InChI is InChI=1S/C16H14N2O4S/c17-10-13-3-1-2-4-16(13)23(19,20)18-11-12-5-6-14-15(9-12)22-8-7-21-14/h1-6,9,18H,7-8,11H2. The Balaban J connectivity index is 1.78. The molecule has 0 aromatic heterocycles. The lowest BCUT2D eigenvalue weighted by atomic mass is 10.2. The van der Waals surface area contributed by atoms with Crippen molar-refractivity contribution < 1.29 is 17.9 Å². The monoisotopic (exact) mass is 330 g/mol. The van der Waals surface area contributed by atoms with E-state index in [9.17, 15) is 8.42 Å². The molecule has 2 aromatic rings. The van der Waals surface area contributed by atoms with Crippen molar-refractivity contribution in [1.82, 2.24) is 4.72 Å². The second kappa shape index (κ2) is 6.28. The summed E-state index contributed by atoms with van der Waals surface area (Å²) >= 11 is 0. The molecule has 1 aliphatic heterocycles. The van der Waals surface area contributed by atoms with Crippen LogP contribution >= 0.6 is 0 Å². The summed E-state index contributed by atoms with van der Waals surface area (Å²) in [5.74, 6) is 1.25. The van der Waals surface area contributed by atoms with Crippen molar-refractivity contribution in [3.63, 3.8) is 0 Å². The summed E-state index contributed by atoms with van der Waals surface area (Å²) in [7, 11) is -3.77. The molecule has 0 saturated heterocycles. The normalized spacial score (nSPS) is 13.3. The first-order valence-electron chi connectivity index (χ1n) is 6.97. The number of nitrogens with one attached hydrogen (secondary N) is 1. The van der Waals surface area contributed by atoms with E-state index in [2.05, 4.69) is 4.72 Å². The third kappa shape index (κ3) is 3.28. The molecule has 0 radical (unpaired) electrons. The van der Waals surface area contributed by atoms with E-state index in [-0.39, 0.29) is 17.0 Å². The topological polar surface area (TPSA) is 88.4 Å². The van der Waals surface area contributed by atoms with Crippen LogP contribution in [0.5, 0.6) is 11.5 Å². The summed E-state index contributed by atoms with van der Waals surface area (Å²) in [4.78, 5) is -0.0277. The predicted molar refractivity (Wildman–Crippen MR) is 82.6 cm³/mol. The van der Waals surface area contributed by atoms with Crippen molar-refractivity contribution in [2.45, 2.75) is 11.4 Å². The van der Waals surface area contributed by atoms with Crippen molar-refractivity contribution >= 4 is 10.0 Å². The van der Waals surface area contributed by atoms with Crippen LogP contribution in [0.15, 0.2) is 47.4 Å². The van der Waals surface area contributed by atoms with E-state index in [1.807, 2.05) is 6.07 Å². The highest BCUT2D eigenvalue weighted by molar-refractivity contribution is 7.89. The molecule has 0 bridgehead atoms. The van der Waals surface area contributed by atoms with Crippen molar-refractivity contribution in [3.05, 3.63) is 53.6 Å². The maximum Gasteiger partial charge on any atom is 0.242 e. The Labute approximate surface area is 134 Å². The van der Waals surface area contributed by atoms with Crippen LogP contribution in [0.4, 0.5) is 0 Å². The maximum absolute atomic E-state index is 12.4. The zero-order valence-corrected chi connectivity index (χ0v) is 13.0. The molecule has 1 N–H and O–H groups in total. The van der Waals surface area contributed by atoms with E-state index < -0.39 is 10.0 Å². The molecule has 0 atom stereocenters. The van der Waals surface area contributed by atoms with Gasteiger partial charge in [-0.15, -0.1) is 0 Å². The lowest BCUT2D eigenvalue weighted by Crippen LogP contribution is -2.24. The summed E-state index contributed by atoms with van der Waals surface area (Å²) in [6, 6.07) is 13.2. The van der Waals surface area contributed by atoms with Crippen LogP contribution in [0.2, 0.25) is 0 Å². The summed E-state index contributed by atoms with van der Waals surface area (Å²) in [6.45, 7) is 1.07. The molecule has 0 spiro atoms. The molecule has 0 saturated carbocycles. The quantitative estimate of drug-likeness (QED) is 0.923. The van der Waals surface area contributed by atoms with Gasteiger partial charge in [0.15, 0.2) is 11.5 Å². The Bertz CT molecular complexity index is 872. The van der Waals surface area contributed by atoms with Gasteiger partial charge in [-0.05, 0) is 29.8 Å². The number of benzene rings is 2. The van der Waals surface area contributed by atoms with Crippen molar-refractivity contribution in [2.75, 3.05) is 13.2 Å². The molecule has 0 unspecified atom stereocenters. The third-order valence-corrected chi connectivity index (χ3v) is 4.83. The average molecular weight is 330 g/mol. The molecule has 0 aliphatic carbocycles. The van der Waals surface area contributed by atoms with Gasteiger partial charge in [-0.25, -0.2) is 13.1 Å². The lowest BCUT2D eigenvalue weighted by Gasteiger charge is -2.19. The summed E-state index contributed by atoms with van der Waals surface area (Å²) in [5.41, 5.74) is 0.856. The summed E-state index contributed by atoms with van der Waals surface area (Å²) < 4.78 is 38.1. The van der Waals surface area contributed by atoms with E-state index in [1.165, 1.54) is 12.1 Å². The smallest absolute Gasteiger partial charge is 0.242 e. The number of nitrogens with zero attached hydrogens (tertiary/aromatic N) is 1. The number of ether oxygens (including phenoxy) is 2. The van der Waals surface area contributed by atoms with E-state index in [0.717, 1.165) is 5.56 Å². The summed E-state index contributed by atoms with van der Waals surface area (Å²) in [5, 5.41) is 9.03. The van der Waals surface area contributed by atoms with Gasteiger partial charge < -0.3 is 9.47 Å². The fraction of sp³-hybridized carbons (Fsp3) is 0.188. The fourth-order valence-electron chi connectivity index (χ4n) is 2.25. The molecule has 23 heavy (non-hydrogen) atoms. The van der Waals surface area contributed by atoms with Gasteiger partial charge in [0, 0.05) is 6.54 Å². The van der Waals surface area contributed by atoms with E-state index in [0.29, 0.717) is 24.7 Å². The van der Waals surface area contributed by atoms with Gasteiger partial charge in [0.1, 0.15) is 19.3 Å². The zero-order chi connectivity index (χ0) is 16.3. The molecule has 3 rings (SSSR count). The van der Waals surface area contributed by atoms with Gasteiger partial charge in [0.2, 0.25) is 10.0 Å². The number of fused-ring (bicyclic) bond motifs is 1. The fourth-order valence-corrected chi connectivity index (χ4v) is 3.42. The van der Waals surface area contributed by atoms with Gasteiger partial charge in [0.05, 0.1) is 10.5 Å². The summed E-state index contributed by atoms with van der Waals surface area (Å²) in [6.07, 6.45) is 0. The Hall–Kier alpha value is -2.56. The van der Waals surface area contributed by atoms with Crippen LogP contribution in [0.3, 0.4) is 0 Å². The largest absolute Gasteiger partial charge is 0.486 e. The Morgan fingerprint density at radius 2 is 1.83 bits per heavy atom. The molecule has 0 fully saturated rings. The van der Waals surface area contributed by atoms with Crippen molar-refractivity contribution in [2.24, 2.45) is 0 Å². The molecular weight excluding hydrogens is 316 g/mol. The molecule has 1 aliphatic rings. The van der Waals surface area contributed by atoms with Gasteiger partial charge in [-0.1, -0.05) is 18.2 Å². The number of sulfonamides is 1. The van der Waals surface area contributed by atoms with E-state index >= 15 is 0 Å². The maximum atomic E-state index is 12.4. The third-order valence-electron chi connectivity index (χ3n) is 3.37. The minimum Gasteiger partial charge on any atom is -0.486 e. The van der Waals surface area contributed by atoms with Gasteiger partial charge in [-0.2, -0.15) is 5.26 Å². The second-order valence-electron chi connectivity index (χ2n) is 4.91. The number of rotatable bonds is 4. The minimum absolute atomic E-state index is 0.0277. The van der Waals surface area contributed by atoms with Crippen LogP contribution in [-0.2, 0) is 16.6 Å². The van der Waals surface area contributed by atoms with E-state index in [4.69, 9.17) is 14.7 Å². The van der Waals surface area contributed by atoms with Crippen molar-refractivity contribution in [1.29, 1.82) is 5.26 Å². The highest BCUT2D eigenvalue weighted by Crippen LogP contribution is 2.30. The molecule has 1 heterocycles. The van der Waals surface area contributed by atoms with Crippen LogP contribution in [0, 0.1) is 11.3 Å². The molecule has 6 nitrogen and oxygen atoms in total. The molecule has 2 aromatic carbocycles. The van der Waals surface area contributed by atoms with Gasteiger partial charge in [0.25, 0.3) is 0 Å². The number of hydrogen-bond donors (Lipinski definition) is 1. The van der Waals surface area contributed by atoms with Crippen LogP contribution < -0.4 is 14.2 Å². The van der Waals surface area contributed by atoms with E-state index in [1.54, 1.807) is 30.3 Å². The van der Waals surface area contributed by atoms with Crippen molar-refractivity contribution in [3.8, 4) is 17.6 Å². The first kappa shape index (κ1) is 15.3. The first-order chi connectivity index (χ1) is 11.1. The highest BCUT2D eigenvalue weighted by Gasteiger charge is 2.18. The zero-order valence-electron chi connectivity index (χ0n) is 12.2. The average Bonchev–Trinajstić information content (AvgIpc) is 2.60. The van der Waals surface area contributed by atoms with Gasteiger partial charge in [-0.3, -0.25) is 0 Å².